The number of esters is 2. The van der Waals surface area contributed by atoms with E-state index < -0.39 is 51.8 Å². The van der Waals surface area contributed by atoms with Gasteiger partial charge in [0, 0.05) is 12.8 Å². The Morgan fingerprint density at radius 1 is 0.492 bits per heavy atom. The van der Waals surface area contributed by atoms with Crippen LogP contribution in [0.4, 0.5) is 0 Å². The van der Waals surface area contributed by atoms with Gasteiger partial charge in [-0.1, -0.05) is 155 Å². The fourth-order valence-electron chi connectivity index (χ4n) is 5.48. The van der Waals surface area contributed by atoms with E-state index in [1.807, 2.05) is 0 Å². The molecule has 61 heavy (non-hydrogen) atoms. The molecule has 0 spiro atoms. The Morgan fingerprint density at radius 2 is 0.852 bits per heavy atom. The van der Waals surface area contributed by atoms with Crippen molar-refractivity contribution < 1.29 is 47.8 Å². The molecule has 0 saturated carbocycles. The van der Waals surface area contributed by atoms with Crippen LogP contribution in [0.2, 0.25) is 0 Å². The van der Waals surface area contributed by atoms with Crippen LogP contribution in [0.5, 0.6) is 0 Å². The van der Waals surface area contributed by atoms with Gasteiger partial charge in [0.05, 0.1) is 19.8 Å². The molecule has 10 nitrogen and oxygen atoms in total. The average Bonchev–Trinajstić information content (AvgIpc) is 3.25. The molecule has 11 heteroatoms. The van der Waals surface area contributed by atoms with Gasteiger partial charge in [0.15, 0.2) is 6.10 Å². The number of allylic oxidation sites excluding steroid dienone is 18. The summed E-state index contributed by atoms with van der Waals surface area (Å²) >= 11 is 0. The molecule has 0 bridgehead atoms. The number of carbonyl (C=O) groups excluding carboxylic acids is 2. The van der Waals surface area contributed by atoms with Gasteiger partial charge in [0.1, 0.15) is 12.7 Å². The lowest BCUT2D eigenvalue weighted by molar-refractivity contribution is -0.161. The molecule has 0 aromatic carbocycles. The van der Waals surface area contributed by atoms with Crippen LogP contribution in [-0.4, -0.2) is 65.7 Å². The molecule has 0 aromatic rings. The predicted octanol–water partition coefficient (Wildman–Crippen LogP) is 12.6. The molecule has 3 atom stereocenters. The Balaban J connectivity index is 4.38. The summed E-state index contributed by atoms with van der Waals surface area (Å²) in [6.45, 7) is 2.08. The van der Waals surface area contributed by atoms with E-state index >= 15 is 0 Å². The van der Waals surface area contributed by atoms with E-state index in [-0.39, 0.29) is 19.4 Å². The number of ether oxygens (including phenoxy) is 2. The third-order valence-electron chi connectivity index (χ3n) is 8.92. The standard InChI is InChI=1S/C50H81O10P/c1-3-5-7-9-11-13-15-17-19-21-23-25-27-29-31-33-35-37-39-41-49(53)57-45-48(46-59-61(55,56)58-44-47(52)43-51)60-50(54)42-40-38-36-34-32-30-28-26-24-22-20-18-16-14-12-10-8-6-4-2/h5-8,11-14,17-20,23-26,30,32,47-48,51-52H,3-4,9-10,15-16,21-22,27-29,31,33-46H2,1-2H3,(H,55,56)/b7-5-,8-6-,13-11-,14-12-,19-17-,20-18-,25-23-,26-24-,32-30-. The Bertz CT molecular complexity index is 1370. The molecule has 0 aliphatic carbocycles. The van der Waals surface area contributed by atoms with Crippen LogP contribution in [-0.2, 0) is 32.7 Å². The maximum atomic E-state index is 12.6. The molecule has 0 aliphatic heterocycles. The molecule has 0 rings (SSSR count). The van der Waals surface area contributed by atoms with Crippen molar-refractivity contribution in [2.45, 2.75) is 167 Å². The molecule has 0 amide bonds. The van der Waals surface area contributed by atoms with Crippen LogP contribution in [0.15, 0.2) is 109 Å². The van der Waals surface area contributed by atoms with Crippen molar-refractivity contribution in [1.82, 2.24) is 0 Å². The molecule has 0 aromatic heterocycles. The van der Waals surface area contributed by atoms with E-state index in [1.165, 1.54) is 0 Å². The zero-order valence-electron chi connectivity index (χ0n) is 37.6. The highest BCUT2D eigenvalue weighted by molar-refractivity contribution is 7.47. The van der Waals surface area contributed by atoms with Gasteiger partial charge in [-0.3, -0.25) is 18.6 Å². The van der Waals surface area contributed by atoms with Gasteiger partial charge in [0.2, 0.25) is 0 Å². The van der Waals surface area contributed by atoms with Gasteiger partial charge in [0.25, 0.3) is 0 Å². The van der Waals surface area contributed by atoms with Crippen molar-refractivity contribution >= 4 is 19.8 Å². The minimum absolute atomic E-state index is 0.134. The third-order valence-corrected chi connectivity index (χ3v) is 9.87. The first-order valence-corrected chi connectivity index (χ1v) is 24.3. The Morgan fingerprint density at radius 3 is 1.30 bits per heavy atom. The largest absolute Gasteiger partial charge is 0.472 e. The van der Waals surface area contributed by atoms with Gasteiger partial charge in [-0.15, -0.1) is 0 Å². The van der Waals surface area contributed by atoms with Crippen LogP contribution in [0.1, 0.15) is 155 Å². The molecular formula is C50H81O10P. The zero-order chi connectivity index (χ0) is 44.8. The molecule has 0 heterocycles. The number of unbranched alkanes of at least 4 members (excludes halogenated alkanes) is 9. The van der Waals surface area contributed by atoms with Crippen LogP contribution in [0.3, 0.4) is 0 Å². The summed E-state index contributed by atoms with van der Waals surface area (Å²) in [5.74, 6) is -0.990. The smallest absolute Gasteiger partial charge is 0.462 e. The maximum Gasteiger partial charge on any atom is 0.472 e. The van der Waals surface area contributed by atoms with Gasteiger partial charge < -0.3 is 24.6 Å². The number of hydrogen-bond acceptors (Lipinski definition) is 9. The summed E-state index contributed by atoms with van der Waals surface area (Å²) in [6.07, 6.45) is 56.2. The minimum atomic E-state index is -4.64. The van der Waals surface area contributed by atoms with Gasteiger partial charge in [-0.25, -0.2) is 4.57 Å². The molecule has 3 N–H and O–H groups in total. The number of aliphatic hydroxyl groups excluding tert-OH is 2. The van der Waals surface area contributed by atoms with Gasteiger partial charge >= 0.3 is 19.8 Å². The van der Waals surface area contributed by atoms with Crippen LogP contribution in [0, 0.1) is 0 Å². The Hall–Kier alpha value is -3.37. The normalized spacial score (nSPS) is 14.8. The van der Waals surface area contributed by atoms with Crippen molar-refractivity contribution in [3.8, 4) is 0 Å². The van der Waals surface area contributed by atoms with Crippen molar-refractivity contribution in [3.63, 3.8) is 0 Å². The van der Waals surface area contributed by atoms with Gasteiger partial charge in [-0.05, 0) is 96.3 Å². The Kier molecular flexibility index (Phi) is 42.2. The molecule has 0 fully saturated rings. The summed E-state index contributed by atoms with van der Waals surface area (Å²) in [5.41, 5.74) is 0. The third kappa shape index (κ3) is 44.5. The van der Waals surface area contributed by atoms with Crippen LogP contribution in [0.25, 0.3) is 0 Å². The number of carbonyl (C=O) groups is 2. The fourth-order valence-corrected chi connectivity index (χ4v) is 6.27. The summed E-state index contributed by atoms with van der Waals surface area (Å²) in [6, 6.07) is 0. The number of hydrogen-bond donors (Lipinski definition) is 3. The first-order chi connectivity index (χ1) is 29.7. The second kappa shape index (κ2) is 44.7. The van der Waals surface area contributed by atoms with Crippen molar-refractivity contribution in [2.24, 2.45) is 0 Å². The summed E-state index contributed by atoms with van der Waals surface area (Å²) in [5, 5.41) is 18.4. The van der Waals surface area contributed by atoms with E-state index in [0.29, 0.717) is 12.8 Å². The first-order valence-electron chi connectivity index (χ1n) is 22.8. The molecular weight excluding hydrogens is 792 g/mol. The van der Waals surface area contributed by atoms with E-state index in [4.69, 9.17) is 19.1 Å². The number of phosphoric ester groups is 1. The summed E-state index contributed by atoms with van der Waals surface area (Å²) in [7, 11) is -4.64. The van der Waals surface area contributed by atoms with Gasteiger partial charge in [-0.2, -0.15) is 0 Å². The lowest BCUT2D eigenvalue weighted by Crippen LogP contribution is -2.29. The van der Waals surface area contributed by atoms with Crippen molar-refractivity contribution in [3.05, 3.63) is 109 Å². The lowest BCUT2D eigenvalue weighted by Gasteiger charge is -2.20. The van der Waals surface area contributed by atoms with Crippen LogP contribution < -0.4 is 0 Å². The zero-order valence-corrected chi connectivity index (χ0v) is 38.5. The van der Waals surface area contributed by atoms with E-state index in [2.05, 4.69) is 128 Å². The van der Waals surface area contributed by atoms with Crippen molar-refractivity contribution in [1.29, 1.82) is 0 Å². The Labute approximate surface area is 369 Å². The quantitative estimate of drug-likeness (QED) is 0.0235. The number of rotatable bonds is 41. The molecule has 3 unspecified atom stereocenters. The van der Waals surface area contributed by atoms with E-state index in [1.54, 1.807) is 0 Å². The van der Waals surface area contributed by atoms with Crippen molar-refractivity contribution in [2.75, 3.05) is 26.4 Å². The van der Waals surface area contributed by atoms with Crippen LogP contribution >= 0.6 is 7.82 Å². The fraction of sp³-hybridized carbons (Fsp3) is 0.600. The molecule has 0 aliphatic rings. The number of phosphoric acid groups is 1. The number of aliphatic hydroxyl groups is 2. The maximum absolute atomic E-state index is 12.6. The highest BCUT2D eigenvalue weighted by Gasteiger charge is 2.27. The SMILES string of the molecule is CC/C=C\C/C=C\C/C=C\C/C=C\C/C=C\CCCCCC(=O)OC(COC(=O)CCCCCCCC/C=C\C/C=C\C/C=C\C/C=C\CC)COP(=O)(O)OCC(O)CO. The monoisotopic (exact) mass is 873 g/mol. The molecule has 0 saturated heterocycles. The average molecular weight is 873 g/mol. The minimum Gasteiger partial charge on any atom is -0.462 e. The molecule has 0 radical (unpaired) electrons. The topological polar surface area (TPSA) is 149 Å². The van der Waals surface area contributed by atoms with E-state index in [0.717, 1.165) is 116 Å². The second-order valence-corrected chi connectivity index (χ2v) is 16.1. The highest BCUT2D eigenvalue weighted by atomic mass is 31.2. The summed E-state index contributed by atoms with van der Waals surface area (Å²) in [4.78, 5) is 35.1. The predicted molar refractivity (Wildman–Crippen MR) is 251 cm³/mol. The molecule has 346 valence electrons. The van der Waals surface area contributed by atoms with E-state index in [9.17, 15) is 24.2 Å². The second-order valence-electron chi connectivity index (χ2n) is 14.7. The first kappa shape index (κ1) is 57.6. The highest BCUT2D eigenvalue weighted by Crippen LogP contribution is 2.43. The lowest BCUT2D eigenvalue weighted by atomic mass is 10.1. The summed E-state index contributed by atoms with van der Waals surface area (Å²) < 4.78 is 32.7.